The first-order valence-electron chi connectivity index (χ1n) is 10.1. The molecular weight excluding hydrogens is 375 g/mol. The van der Waals surface area contributed by atoms with Gasteiger partial charge in [0.05, 0.1) is 6.04 Å². The van der Waals surface area contributed by atoms with Gasteiger partial charge in [-0.25, -0.2) is 18.7 Å². The zero-order chi connectivity index (χ0) is 20.8. The van der Waals surface area contributed by atoms with Crippen LogP contribution in [0.25, 0.3) is 0 Å². The van der Waals surface area contributed by atoms with Crippen molar-refractivity contribution >= 4 is 6.03 Å². The van der Waals surface area contributed by atoms with Gasteiger partial charge in [-0.15, -0.1) is 0 Å². The number of carbonyl (C=O) groups excluding carboxylic acids is 1. The summed E-state index contributed by atoms with van der Waals surface area (Å²) in [6.45, 7) is 2.01. The standard InChI is InChI=1S/C20H29FN6O2/c1-25(2)17(15-7-5-8-16(21)13-15)14-23-19(28)22-10-6-12-27-20(29)26-11-4-3-9-18(26)24-27/h5,7-8,13,17H,3-4,6,9-12,14H2,1-2H3,(H2,22,23,28)/t17-/m1/s1. The van der Waals surface area contributed by atoms with Crippen LogP contribution in [0.5, 0.6) is 0 Å². The molecule has 9 heteroatoms. The summed E-state index contributed by atoms with van der Waals surface area (Å²) >= 11 is 0. The topological polar surface area (TPSA) is 84.2 Å². The van der Waals surface area contributed by atoms with Gasteiger partial charge in [0, 0.05) is 32.6 Å². The maximum Gasteiger partial charge on any atom is 0.345 e. The summed E-state index contributed by atoms with van der Waals surface area (Å²) in [5.41, 5.74) is 0.742. The number of amides is 2. The molecule has 29 heavy (non-hydrogen) atoms. The van der Waals surface area contributed by atoms with Gasteiger partial charge >= 0.3 is 11.7 Å². The highest BCUT2D eigenvalue weighted by Crippen LogP contribution is 2.18. The minimum atomic E-state index is -0.296. The van der Waals surface area contributed by atoms with E-state index in [9.17, 15) is 14.0 Å². The molecule has 1 atom stereocenters. The van der Waals surface area contributed by atoms with Crippen molar-refractivity contribution in [3.63, 3.8) is 0 Å². The Morgan fingerprint density at radius 1 is 1.31 bits per heavy atom. The molecule has 2 aromatic rings. The molecule has 1 aromatic carbocycles. The van der Waals surface area contributed by atoms with Crippen molar-refractivity contribution in [1.82, 2.24) is 29.9 Å². The van der Waals surface area contributed by atoms with Crippen LogP contribution in [0.1, 0.15) is 36.7 Å². The Bertz CT molecular complexity index is 891. The average molecular weight is 404 g/mol. The van der Waals surface area contributed by atoms with Gasteiger partial charge in [0.25, 0.3) is 0 Å². The van der Waals surface area contributed by atoms with Crippen molar-refractivity contribution in [2.24, 2.45) is 0 Å². The number of nitrogens with one attached hydrogen (secondary N) is 2. The third-order valence-electron chi connectivity index (χ3n) is 5.18. The van der Waals surface area contributed by atoms with E-state index in [0.717, 1.165) is 37.2 Å². The number of halogens is 1. The molecule has 1 aliphatic heterocycles. The van der Waals surface area contributed by atoms with E-state index in [4.69, 9.17) is 0 Å². The van der Waals surface area contributed by atoms with Gasteiger partial charge in [-0.2, -0.15) is 5.10 Å². The average Bonchev–Trinajstić information content (AvgIpc) is 3.01. The van der Waals surface area contributed by atoms with Crippen molar-refractivity contribution in [2.45, 2.75) is 44.8 Å². The Hall–Kier alpha value is -2.68. The van der Waals surface area contributed by atoms with E-state index in [1.165, 1.54) is 16.8 Å². The molecule has 0 spiro atoms. The van der Waals surface area contributed by atoms with Crippen LogP contribution in [0, 0.1) is 5.82 Å². The van der Waals surface area contributed by atoms with Crippen LogP contribution >= 0.6 is 0 Å². The van der Waals surface area contributed by atoms with Crippen LogP contribution in [-0.4, -0.2) is 52.5 Å². The van der Waals surface area contributed by atoms with Crippen LogP contribution in [0.15, 0.2) is 29.1 Å². The predicted octanol–water partition coefficient (Wildman–Crippen LogP) is 1.51. The number of fused-ring (bicyclic) bond motifs is 1. The third-order valence-corrected chi connectivity index (χ3v) is 5.18. The Balaban J connectivity index is 1.43. The molecular formula is C20H29FN6O2. The van der Waals surface area contributed by atoms with Gasteiger partial charge in [0.1, 0.15) is 11.6 Å². The van der Waals surface area contributed by atoms with Crippen molar-refractivity contribution < 1.29 is 9.18 Å². The fourth-order valence-corrected chi connectivity index (χ4v) is 3.59. The Kier molecular flexibility index (Phi) is 7.03. The second-order valence-electron chi connectivity index (χ2n) is 7.56. The first kappa shape index (κ1) is 21.0. The van der Waals surface area contributed by atoms with Gasteiger partial charge in [-0.3, -0.25) is 4.57 Å². The summed E-state index contributed by atoms with van der Waals surface area (Å²) in [7, 11) is 3.77. The molecule has 1 aliphatic rings. The molecule has 0 aliphatic carbocycles. The number of hydrogen-bond acceptors (Lipinski definition) is 4. The molecule has 1 aromatic heterocycles. The van der Waals surface area contributed by atoms with Gasteiger partial charge < -0.3 is 15.5 Å². The summed E-state index contributed by atoms with van der Waals surface area (Å²) in [6, 6.07) is 5.97. The zero-order valence-corrected chi connectivity index (χ0v) is 17.0. The van der Waals surface area contributed by atoms with Gasteiger partial charge in [0.2, 0.25) is 0 Å². The summed E-state index contributed by atoms with van der Waals surface area (Å²) in [5, 5.41) is 10.0. The van der Waals surface area contributed by atoms with Gasteiger partial charge in [-0.1, -0.05) is 12.1 Å². The number of urea groups is 1. The molecule has 2 N–H and O–H groups in total. The summed E-state index contributed by atoms with van der Waals surface area (Å²) in [6.07, 6.45) is 3.55. The van der Waals surface area contributed by atoms with Crippen molar-refractivity contribution in [3.8, 4) is 0 Å². The van der Waals surface area contributed by atoms with Gasteiger partial charge in [-0.05, 0) is 51.1 Å². The minimum absolute atomic E-state index is 0.0620. The largest absolute Gasteiger partial charge is 0.345 e. The molecule has 0 saturated carbocycles. The molecule has 3 rings (SSSR count). The Morgan fingerprint density at radius 3 is 2.86 bits per heavy atom. The first-order valence-corrected chi connectivity index (χ1v) is 10.1. The number of nitrogens with zero attached hydrogens (tertiary/aromatic N) is 4. The zero-order valence-electron chi connectivity index (χ0n) is 17.0. The van der Waals surface area contributed by atoms with E-state index in [1.54, 1.807) is 10.6 Å². The quantitative estimate of drug-likeness (QED) is 0.654. The van der Waals surface area contributed by atoms with Gasteiger partial charge in [0.15, 0.2) is 0 Å². The van der Waals surface area contributed by atoms with E-state index in [1.807, 2.05) is 25.1 Å². The van der Waals surface area contributed by atoms with Crippen molar-refractivity contribution in [3.05, 3.63) is 52.0 Å². The molecule has 2 amide bonds. The Labute approximate surface area is 169 Å². The highest BCUT2D eigenvalue weighted by Gasteiger charge is 2.17. The van der Waals surface area contributed by atoms with Crippen molar-refractivity contribution in [1.29, 1.82) is 0 Å². The van der Waals surface area contributed by atoms with E-state index in [0.29, 0.717) is 26.1 Å². The SMILES string of the molecule is CN(C)[C@H](CNC(=O)NCCCn1nc2n(c1=O)CCCC2)c1cccc(F)c1. The molecule has 0 unspecified atom stereocenters. The lowest BCUT2D eigenvalue weighted by Crippen LogP contribution is -2.41. The monoisotopic (exact) mass is 404 g/mol. The lowest BCUT2D eigenvalue weighted by Gasteiger charge is -2.25. The summed E-state index contributed by atoms with van der Waals surface area (Å²) < 4.78 is 16.7. The summed E-state index contributed by atoms with van der Waals surface area (Å²) in [5.74, 6) is 0.564. The number of carbonyl (C=O) groups is 1. The molecule has 158 valence electrons. The molecule has 2 heterocycles. The first-order chi connectivity index (χ1) is 14.0. The fraction of sp³-hybridized carbons (Fsp3) is 0.550. The van der Waals surface area contributed by atoms with Crippen LogP contribution in [0.2, 0.25) is 0 Å². The van der Waals surface area contributed by atoms with Crippen LogP contribution in [-0.2, 0) is 19.5 Å². The van der Waals surface area contributed by atoms with Crippen LogP contribution in [0.4, 0.5) is 9.18 Å². The molecule has 0 saturated heterocycles. The molecule has 0 fully saturated rings. The second kappa shape index (κ2) is 9.69. The van der Waals surface area contributed by atoms with Crippen LogP contribution in [0.3, 0.4) is 0 Å². The fourth-order valence-electron chi connectivity index (χ4n) is 3.59. The number of aromatic nitrogens is 3. The smallest absolute Gasteiger partial charge is 0.338 e. The number of hydrogen-bond donors (Lipinski definition) is 2. The molecule has 8 nitrogen and oxygen atoms in total. The van der Waals surface area contributed by atoms with Crippen LogP contribution < -0.4 is 16.3 Å². The highest BCUT2D eigenvalue weighted by molar-refractivity contribution is 5.73. The van der Waals surface area contributed by atoms with E-state index < -0.39 is 0 Å². The van der Waals surface area contributed by atoms with E-state index in [-0.39, 0.29) is 23.6 Å². The summed E-state index contributed by atoms with van der Waals surface area (Å²) in [4.78, 5) is 26.3. The maximum atomic E-state index is 13.5. The highest BCUT2D eigenvalue weighted by atomic mass is 19.1. The lowest BCUT2D eigenvalue weighted by molar-refractivity contribution is 0.232. The van der Waals surface area contributed by atoms with Crippen molar-refractivity contribution in [2.75, 3.05) is 27.2 Å². The van der Waals surface area contributed by atoms with E-state index in [2.05, 4.69) is 15.7 Å². The number of aryl methyl sites for hydroxylation is 2. The third kappa shape index (κ3) is 5.44. The molecule has 0 bridgehead atoms. The van der Waals surface area contributed by atoms with E-state index >= 15 is 0 Å². The Morgan fingerprint density at radius 2 is 2.14 bits per heavy atom. The predicted molar refractivity (Wildman–Crippen MR) is 108 cm³/mol. The normalized spacial score (nSPS) is 14.5. The number of benzene rings is 1. The molecule has 0 radical (unpaired) electrons. The maximum absolute atomic E-state index is 13.5. The number of rotatable bonds is 8. The number of likely N-dealkylation sites (N-methyl/N-ethyl adjacent to an activating group) is 1. The second-order valence-corrected chi connectivity index (χ2v) is 7.56. The lowest BCUT2D eigenvalue weighted by atomic mass is 10.1. The minimum Gasteiger partial charge on any atom is -0.338 e.